The highest BCUT2D eigenvalue weighted by molar-refractivity contribution is 6.79. The van der Waals surface area contributed by atoms with Crippen LogP contribution in [0.1, 0.15) is 40.0 Å². The van der Waals surface area contributed by atoms with Gasteiger partial charge in [0.1, 0.15) is 0 Å². The monoisotopic (exact) mass is 201 g/mol. The van der Waals surface area contributed by atoms with Crippen LogP contribution in [0, 0.1) is 5.92 Å². The van der Waals surface area contributed by atoms with Crippen molar-refractivity contribution in [1.82, 2.24) is 0 Å². The summed E-state index contributed by atoms with van der Waals surface area (Å²) < 4.78 is 0. The van der Waals surface area contributed by atoms with Gasteiger partial charge in [-0.15, -0.1) is 0 Å². The first kappa shape index (κ1) is 13.2. The highest BCUT2D eigenvalue weighted by atomic mass is 28.3. The fourth-order valence-corrected chi connectivity index (χ4v) is 3.58. The Hall–Kier alpha value is 0.177. The van der Waals surface area contributed by atoms with Crippen LogP contribution in [0.2, 0.25) is 19.6 Å². The first-order chi connectivity index (χ1) is 5.73. The summed E-state index contributed by atoms with van der Waals surface area (Å²) >= 11 is 0. The maximum Gasteiger partial charge on any atom is 0.0671 e. The predicted molar refractivity (Wildman–Crippen MR) is 64.6 cm³/mol. The van der Waals surface area contributed by atoms with Gasteiger partial charge in [0.05, 0.1) is 8.07 Å². The molecule has 0 aliphatic rings. The molecule has 0 fully saturated rings. The van der Waals surface area contributed by atoms with Crippen LogP contribution in [0.25, 0.3) is 0 Å². The molecule has 0 aliphatic heterocycles. The Kier molecular flexibility index (Phi) is 4.67. The molecule has 1 atom stereocenters. The van der Waals surface area contributed by atoms with Crippen molar-refractivity contribution in [2.24, 2.45) is 11.7 Å². The van der Waals surface area contributed by atoms with Crippen LogP contribution in [0.5, 0.6) is 0 Å². The lowest BCUT2D eigenvalue weighted by molar-refractivity contribution is 0.437. The summed E-state index contributed by atoms with van der Waals surface area (Å²) in [5, 5.41) is 0.150. The molecule has 0 spiro atoms. The molecule has 0 saturated carbocycles. The maximum atomic E-state index is 6.48. The van der Waals surface area contributed by atoms with E-state index in [2.05, 4.69) is 40.4 Å². The molecule has 0 aromatic heterocycles. The third-order valence-electron chi connectivity index (χ3n) is 3.29. The first-order valence-electron chi connectivity index (χ1n) is 5.52. The normalized spacial score (nSPS) is 17.5. The van der Waals surface area contributed by atoms with Gasteiger partial charge in [-0.2, -0.15) is 0 Å². The molecule has 0 bridgehead atoms. The standard InChI is InChI=1S/C11H27NSi/c1-7-11(12,13(4,5)6)9-8-10(2)3/h10H,7-9,12H2,1-6H3. The number of rotatable bonds is 5. The van der Waals surface area contributed by atoms with Crippen molar-refractivity contribution in [1.29, 1.82) is 0 Å². The van der Waals surface area contributed by atoms with Gasteiger partial charge >= 0.3 is 0 Å². The summed E-state index contributed by atoms with van der Waals surface area (Å²) in [5.41, 5.74) is 6.48. The van der Waals surface area contributed by atoms with Crippen LogP contribution in [0.4, 0.5) is 0 Å². The highest BCUT2D eigenvalue weighted by Crippen LogP contribution is 2.27. The van der Waals surface area contributed by atoms with Crippen molar-refractivity contribution in [2.45, 2.75) is 64.8 Å². The van der Waals surface area contributed by atoms with E-state index < -0.39 is 8.07 Å². The average Bonchev–Trinajstić information content (AvgIpc) is 1.98. The smallest absolute Gasteiger partial charge is 0.0671 e. The van der Waals surface area contributed by atoms with Crippen LogP contribution in [-0.2, 0) is 0 Å². The first-order valence-corrected chi connectivity index (χ1v) is 9.02. The van der Waals surface area contributed by atoms with Gasteiger partial charge in [0.2, 0.25) is 0 Å². The second-order valence-electron chi connectivity index (χ2n) is 5.69. The van der Waals surface area contributed by atoms with Gasteiger partial charge < -0.3 is 5.73 Å². The molecule has 0 aliphatic carbocycles. The maximum absolute atomic E-state index is 6.48. The lowest BCUT2D eigenvalue weighted by atomic mass is 10.0. The van der Waals surface area contributed by atoms with E-state index in [1.807, 2.05) is 0 Å². The van der Waals surface area contributed by atoms with Gasteiger partial charge in [0.25, 0.3) is 0 Å². The van der Waals surface area contributed by atoms with Gasteiger partial charge in [-0.1, -0.05) is 40.4 Å². The molecule has 0 aromatic rings. The Morgan fingerprint density at radius 1 is 1.23 bits per heavy atom. The second kappa shape index (κ2) is 4.60. The van der Waals surface area contributed by atoms with Crippen LogP contribution >= 0.6 is 0 Å². The number of hydrogen-bond acceptors (Lipinski definition) is 1. The molecule has 0 rings (SSSR count). The SMILES string of the molecule is CCC(N)(CCC(C)C)[Si](C)(C)C. The number of nitrogens with two attached hydrogens (primary N) is 1. The second-order valence-corrected chi connectivity index (χ2v) is 11.2. The van der Waals surface area contributed by atoms with Gasteiger partial charge in [-0.25, -0.2) is 0 Å². The summed E-state index contributed by atoms with van der Waals surface area (Å²) in [6.45, 7) is 13.9. The van der Waals surface area contributed by atoms with Gasteiger partial charge in [0, 0.05) is 5.16 Å². The molecule has 2 N–H and O–H groups in total. The van der Waals surface area contributed by atoms with E-state index in [1.54, 1.807) is 0 Å². The van der Waals surface area contributed by atoms with Crippen molar-refractivity contribution in [3.8, 4) is 0 Å². The molecule has 0 saturated heterocycles. The summed E-state index contributed by atoms with van der Waals surface area (Å²) in [6.07, 6.45) is 3.61. The molecule has 13 heavy (non-hydrogen) atoms. The third-order valence-corrected chi connectivity index (χ3v) is 6.88. The van der Waals surface area contributed by atoms with E-state index in [0.29, 0.717) is 0 Å². The summed E-state index contributed by atoms with van der Waals surface area (Å²) in [7, 11) is -1.20. The molecule has 1 nitrogen and oxygen atoms in total. The molecule has 0 heterocycles. The molecule has 2 heteroatoms. The van der Waals surface area contributed by atoms with Crippen molar-refractivity contribution < 1.29 is 0 Å². The zero-order chi connectivity index (χ0) is 10.7. The van der Waals surface area contributed by atoms with Crippen LogP contribution in [-0.4, -0.2) is 13.2 Å². The topological polar surface area (TPSA) is 26.0 Å². The predicted octanol–water partition coefficient (Wildman–Crippen LogP) is 3.41. The van der Waals surface area contributed by atoms with E-state index in [0.717, 1.165) is 12.3 Å². The lowest BCUT2D eigenvalue weighted by Crippen LogP contribution is -2.59. The van der Waals surface area contributed by atoms with Crippen molar-refractivity contribution in [2.75, 3.05) is 0 Å². The zero-order valence-electron chi connectivity index (χ0n) is 10.3. The Morgan fingerprint density at radius 2 is 1.69 bits per heavy atom. The highest BCUT2D eigenvalue weighted by Gasteiger charge is 2.37. The minimum atomic E-state index is -1.20. The van der Waals surface area contributed by atoms with Crippen LogP contribution in [0.3, 0.4) is 0 Å². The van der Waals surface area contributed by atoms with E-state index in [9.17, 15) is 0 Å². The quantitative estimate of drug-likeness (QED) is 0.678. The molecular weight excluding hydrogens is 174 g/mol. The number of hydrogen-bond donors (Lipinski definition) is 1. The summed E-state index contributed by atoms with van der Waals surface area (Å²) in [4.78, 5) is 0. The Morgan fingerprint density at radius 3 is 1.92 bits per heavy atom. The molecular formula is C11H27NSi. The Bertz CT molecular complexity index is 149. The van der Waals surface area contributed by atoms with Crippen molar-refractivity contribution in [3.05, 3.63) is 0 Å². The lowest BCUT2D eigenvalue weighted by Gasteiger charge is -2.40. The fourth-order valence-electron chi connectivity index (χ4n) is 1.63. The van der Waals surface area contributed by atoms with Crippen LogP contribution in [0.15, 0.2) is 0 Å². The van der Waals surface area contributed by atoms with Crippen molar-refractivity contribution in [3.63, 3.8) is 0 Å². The molecule has 0 amide bonds. The Balaban J connectivity index is 4.29. The van der Waals surface area contributed by atoms with Crippen LogP contribution < -0.4 is 5.73 Å². The Labute approximate surface area is 85.1 Å². The minimum absolute atomic E-state index is 0.150. The summed E-state index contributed by atoms with van der Waals surface area (Å²) in [5.74, 6) is 0.783. The molecule has 1 unspecified atom stereocenters. The largest absolute Gasteiger partial charge is 0.328 e. The zero-order valence-corrected chi connectivity index (χ0v) is 11.3. The minimum Gasteiger partial charge on any atom is -0.328 e. The molecule has 0 aromatic carbocycles. The molecule has 80 valence electrons. The van der Waals surface area contributed by atoms with Gasteiger partial charge in [-0.3, -0.25) is 0 Å². The average molecular weight is 201 g/mol. The fraction of sp³-hybridized carbons (Fsp3) is 1.00. The van der Waals surface area contributed by atoms with Gasteiger partial charge in [0.15, 0.2) is 0 Å². The van der Waals surface area contributed by atoms with E-state index in [-0.39, 0.29) is 5.16 Å². The van der Waals surface area contributed by atoms with Crippen molar-refractivity contribution >= 4 is 8.07 Å². The van der Waals surface area contributed by atoms with Gasteiger partial charge in [-0.05, 0) is 25.2 Å². The van der Waals surface area contributed by atoms with E-state index >= 15 is 0 Å². The third kappa shape index (κ3) is 3.82. The van der Waals surface area contributed by atoms with E-state index in [1.165, 1.54) is 12.8 Å². The summed E-state index contributed by atoms with van der Waals surface area (Å²) in [6, 6.07) is 0. The molecule has 0 radical (unpaired) electrons. The van der Waals surface area contributed by atoms with E-state index in [4.69, 9.17) is 5.73 Å².